The number of amides is 2. The first kappa shape index (κ1) is 16.7. The van der Waals surface area contributed by atoms with Crippen LogP contribution in [-0.4, -0.2) is 35.4 Å². The lowest BCUT2D eigenvalue weighted by molar-refractivity contribution is -0.123. The number of carbonyl (C=O) groups excluding carboxylic acids is 2. The van der Waals surface area contributed by atoms with E-state index in [1.165, 1.54) is 6.20 Å². The Bertz CT molecular complexity index is 573. The van der Waals surface area contributed by atoms with Crippen molar-refractivity contribution in [1.29, 1.82) is 0 Å². The van der Waals surface area contributed by atoms with Crippen molar-refractivity contribution in [3.8, 4) is 11.8 Å². The minimum atomic E-state index is -0.655. The van der Waals surface area contributed by atoms with Crippen LogP contribution < -0.4 is 16.4 Å². The third-order valence-electron chi connectivity index (χ3n) is 2.52. The van der Waals surface area contributed by atoms with Crippen LogP contribution in [-0.2, 0) is 4.79 Å². The molecule has 0 saturated carbocycles. The van der Waals surface area contributed by atoms with Crippen LogP contribution in [0.15, 0.2) is 18.3 Å². The van der Waals surface area contributed by atoms with Crippen LogP contribution in [0, 0.1) is 11.8 Å². The van der Waals surface area contributed by atoms with Crippen LogP contribution in [0.4, 0.5) is 0 Å². The van der Waals surface area contributed by atoms with Crippen molar-refractivity contribution < 1.29 is 9.59 Å². The van der Waals surface area contributed by atoms with Gasteiger partial charge in [0.25, 0.3) is 5.91 Å². The molecule has 0 radical (unpaired) electrons. The van der Waals surface area contributed by atoms with Gasteiger partial charge in [-0.15, -0.1) is 0 Å². The molecule has 1 rings (SSSR count). The number of hydrogen-bond donors (Lipinski definition) is 3. The lowest BCUT2D eigenvalue weighted by Gasteiger charge is -2.16. The van der Waals surface area contributed by atoms with E-state index in [1.807, 2.05) is 13.8 Å². The average molecular weight is 288 g/mol. The maximum atomic E-state index is 12.2. The minimum Gasteiger partial charge on any atom is -0.352 e. The number of pyridine rings is 1. The molecule has 0 spiro atoms. The van der Waals surface area contributed by atoms with Gasteiger partial charge in [-0.1, -0.05) is 11.8 Å². The van der Waals surface area contributed by atoms with E-state index >= 15 is 0 Å². The highest BCUT2D eigenvalue weighted by Gasteiger charge is 2.19. The summed E-state index contributed by atoms with van der Waals surface area (Å²) in [6, 6.07) is 2.73. The van der Waals surface area contributed by atoms with Crippen molar-refractivity contribution in [3.05, 3.63) is 29.6 Å². The van der Waals surface area contributed by atoms with Crippen molar-refractivity contribution in [2.75, 3.05) is 6.54 Å². The molecule has 6 heteroatoms. The summed E-state index contributed by atoms with van der Waals surface area (Å²) in [4.78, 5) is 28.0. The predicted octanol–water partition coefficient (Wildman–Crippen LogP) is 0.0347. The Morgan fingerprint density at radius 3 is 2.67 bits per heavy atom. The minimum absolute atomic E-state index is 0.0117. The lowest BCUT2D eigenvalue weighted by atomic mass is 10.1. The van der Waals surface area contributed by atoms with Crippen LogP contribution >= 0.6 is 0 Å². The van der Waals surface area contributed by atoms with Gasteiger partial charge in [-0.3, -0.25) is 9.59 Å². The van der Waals surface area contributed by atoms with Gasteiger partial charge in [-0.25, -0.2) is 4.98 Å². The zero-order valence-corrected chi connectivity index (χ0v) is 12.4. The van der Waals surface area contributed by atoms with Gasteiger partial charge in [0, 0.05) is 12.2 Å². The molecule has 0 bridgehead atoms. The predicted molar refractivity (Wildman–Crippen MR) is 80.4 cm³/mol. The van der Waals surface area contributed by atoms with Gasteiger partial charge in [-0.2, -0.15) is 0 Å². The van der Waals surface area contributed by atoms with Crippen LogP contribution in [0.3, 0.4) is 0 Å². The summed E-state index contributed by atoms with van der Waals surface area (Å²) < 4.78 is 0. The smallest absolute Gasteiger partial charge is 0.271 e. The fourth-order valence-electron chi connectivity index (χ4n) is 1.57. The Kier molecular flexibility index (Phi) is 6.37. The molecule has 112 valence electrons. The Labute approximate surface area is 124 Å². The molecule has 4 N–H and O–H groups in total. The average Bonchev–Trinajstić information content (AvgIpc) is 2.44. The molecule has 1 aromatic rings. The fourth-order valence-corrected chi connectivity index (χ4v) is 1.57. The van der Waals surface area contributed by atoms with E-state index in [4.69, 9.17) is 5.73 Å². The molecule has 0 aliphatic rings. The van der Waals surface area contributed by atoms with E-state index in [0.717, 1.165) is 0 Å². The van der Waals surface area contributed by atoms with Gasteiger partial charge in [0.2, 0.25) is 5.91 Å². The summed E-state index contributed by atoms with van der Waals surface area (Å²) in [7, 11) is 0. The quantitative estimate of drug-likeness (QED) is 0.681. The Hall–Kier alpha value is -2.39. The third-order valence-corrected chi connectivity index (χ3v) is 2.52. The normalized spacial score (nSPS) is 11.3. The maximum Gasteiger partial charge on any atom is 0.271 e. The first-order valence-electron chi connectivity index (χ1n) is 6.71. The summed E-state index contributed by atoms with van der Waals surface area (Å²) in [5.74, 6) is 4.78. The molecule has 2 amide bonds. The number of nitrogens with one attached hydrogen (secondary N) is 2. The monoisotopic (exact) mass is 288 g/mol. The number of rotatable bonds is 4. The maximum absolute atomic E-state index is 12.2. The molecule has 1 atom stereocenters. The highest BCUT2D eigenvalue weighted by Crippen LogP contribution is 2.04. The van der Waals surface area contributed by atoms with E-state index in [2.05, 4.69) is 27.5 Å². The topological polar surface area (TPSA) is 97.1 Å². The molecule has 0 saturated heterocycles. The molecule has 1 aromatic heterocycles. The SMILES string of the molecule is CC(C)NC(=O)C(C)NC(=O)c1ncccc1C#CCN. The molecular formula is C15H20N4O2. The second-order valence-electron chi connectivity index (χ2n) is 4.76. The Balaban J connectivity index is 2.83. The van der Waals surface area contributed by atoms with Crippen LogP contribution in [0.1, 0.15) is 36.8 Å². The Morgan fingerprint density at radius 2 is 2.05 bits per heavy atom. The van der Waals surface area contributed by atoms with E-state index in [-0.39, 0.29) is 24.2 Å². The van der Waals surface area contributed by atoms with Crippen molar-refractivity contribution in [1.82, 2.24) is 15.6 Å². The number of carbonyl (C=O) groups is 2. The highest BCUT2D eigenvalue weighted by atomic mass is 16.2. The van der Waals surface area contributed by atoms with Gasteiger partial charge in [-0.05, 0) is 32.9 Å². The van der Waals surface area contributed by atoms with E-state index in [9.17, 15) is 9.59 Å². The van der Waals surface area contributed by atoms with Crippen molar-refractivity contribution in [2.24, 2.45) is 5.73 Å². The van der Waals surface area contributed by atoms with Crippen LogP contribution in [0.5, 0.6) is 0 Å². The molecular weight excluding hydrogens is 268 g/mol. The number of nitrogens with two attached hydrogens (primary N) is 1. The van der Waals surface area contributed by atoms with Gasteiger partial charge in [0.15, 0.2) is 0 Å². The molecule has 0 aliphatic carbocycles. The number of nitrogens with zero attached hydrogens (tertiary/aromatic N) is 1. The van der Waals surface area contributed by atoms with Gasteiger partial charge >= 0.3 is 0 Å². The molecule has 1 heterocycles. The second-order valence-corrected chi connectivity index (χ2v) is 4.76. The highest BCUT2D eigenvalue weighted by molar-refractivity contribution is 5.97. The number of aromatic nitrogens is 1. The second kappa shape index (κ2) is 8.02. The van der Waals surface area contributed by atoms with E-state index in [1.54, 1.807) is 19.1 Å². The lowest BCUT2D eigenvalue weighted by Crippen LogP contribution is -2.47. The van der Waals surface area contributed by atoms with Crippen molar-refractivity contribution in [3.63, 3.8) is 0 Å². The summed E-state index contributed by atoms with van der Waals surface area (Å²) in [6.07, 6.45) is 1.50. The summed E-state index contributed by atoms with van der Waals surface area (Å²) >= 11 is 0. The molecule has 0 fully saturated rings. The zero-order chi connectivity index (χ0) is 15.8. The standard InChI is InChI=1S/C15H20N4O2/c1-10(2)18-14(20)11(3)19-15(21)13-12(6-4-8-16)7-5-9-17-13/h5,7,9-11H,8,16H2,1-3H3,(H,18,20)(H,19,21). The van der Waals surface area contributed by atoms with Crippen molar-refractivity contribution >= 4 is 11.8 Å². The molecule has 6 nitrogen and oxygen atoms in total. The fraction of sp³-hybridized carbons (Fsp3) is 0.400. The first-order valence-corrected chi connectivity index (χ1v) is 6.71. The summed E-state index contributed by atoms with van der Waals surface area (Å²) in [6.45, 7) is 5.52. The largest absolute Gasteiger partial charge is 0.352 e. The number of hydrogen-bond acceptors (Lipinski definition) is 4. The molecule has 1 unspecified atom stereocenters. The van der Waals surface area contributed by atoms with Gasteiger partial charge in [0.1, 0.15) is 11.7 Å². The van der Waals surface area contributed by atoms with Crippen LogP contribution in [0.25, 0.3) is 0 Å². The third kappa shape index (κ3) is 5.24. The summed E-state index contributed by atoms with van der Waals surface area (Å²) in [5.41, 5.74) is 5.99. The van der Waals surface area contributed by atoms with Crippen LogP contribution in [0.2, 0.25) is 0 Å². The Morgan fingerprint density at radius 1 is 1.33 bits per heavy atom. The first-order chi connectivity index (χ1) is 9.95. The van der Waals surface area contributed by atoms with Gasteiger partial charge in [0.05, 0.1) is 12.1 Å². The molecule has 0 aromatic carbocycles. The molecule has 21 heavy (non-hydrogen) atoms. The van der Waals surface area contributed by atoms with Gasteiger partial charge < -0.3 is 16.4 Å². The molecule has 0 aliphatic heterocycles. The van der Waals surface area contributed by atoms with E-state index in [0.29, 0.717) is 5.56 Å². The van der Waals surface area contributed by atoms with E-state index < -0.39 is 11.9 Å². The summed E-state index contributed by atoms with van der Waals surface area (Å²) in [5, 5.41) is 5.34. The zero-order valence-electron chi connectivity index (χ0n) is 12.4. The van der Waals surface area contributed by atoms with Crippen molar-refractivity contribution in [2.45, 2.75) is 32.9 Å².